The van der Waals surface area contributed by atoms with E-state index in [1.54, 1.807) is 18.2 Å². The van der Waals surface area contributed by atoms with Crippen molar-refractivity contribution in [1.82, 2.24) is 9.97 Å². The summed E-state index contributed by atoms with van der Waals surface area (Å²) in [5, 5.41) is 12.6. The zero-order valence-electron chi connectivity index (χ0n) is 9.31. The predicted molar refractivity (Wildman–Crippen MR) is 62.2 cm³/mol. The van der Waals surface area contributed by atoms with Gasteiger partial charge in [0.25, 0.3) is 0 Å². The molecule has 0 aromatic carbocycles. The van der Waals surface area contributed by atoms with E-state index < -0.39 is 5.95 Å². The Morgan fingerprint density at radius 1 is 1.29 bits per heavy atom. The maximum atomic E-state index is 12.6. The largest absolute Gasteiger partial charge is 0.506 e. The number of anilines is 1. The first-order valence-electron chi connectivity index (χ1n) is 5.16. The number of aryl methyl sites for hydroxylation is 1. The smallest absolute Gasteiger partial charge is 0.212 e. The molecule has 2 rings (SSSR count). The van der Waals surface area contributed by atoms with Crippen molar-refractivity contribution in [2.45, 2.75) is 13.5 Å². The predicted octanol–water partition coefficient (Wildman–Crippen LogP) is 2.24. The molecule has 2 aromatic rings. The van der Waals surface area contributed by atoms with Crippen LogP contribution in [0.2, 0.25) is 0 Å². The van der Waals surface area contributed by atoms with Crippen LogP contribution in [0.4, 0.5) is 10.1 Å². The van der Waals surface area contributed by atoms with Gasteiger partial charge in [0.05, 0.1) is 18.4 Å². The number of rotatable bonds is 3. The molecular formula is C12H12FN3O. The van der Waals surface area contributed by atoms with E-state index in [9.17, 15) is 9.50 Å². The number of aromatic nitrogens is 2. The Morgan fingerprint density at radius 2 is 2.12 bits per heavy atom. The number of hydrogen-bond donors (Lipinski definition) is 2. The lowest BCUT2D eigenvalue weighted by Crippen LogP contribution is -2.03. The van der Waals surface area contributed by atoms with Crippen molar-refractivity contribution >= 4 is 5.69 Å². The van der Waals surface area contributed by atoms with Gasteiger partial charge < -0.3 is 10.4 Å². The molecular weight excluding hydrogens is 221 g/mol. The lowest BCUT2D eigenvalue weighted by Gasteiger charge is -2.07. The second-order valence-electron chi connectivity index (χ2n) is 3.64. The van der Waals surface area contributed by atoms with Crippen molar-refractivity contribution in [3.63, 3.8) is 0 Å². The van der Waals surface area contributed by atoms with E-state index >= 15 is 0 Å². The SMILES string of the molecule is Cc1ccc(O)c(CNc2ccc(F)nc2)n1. The van der Waals surface area contributed by atoms with E-state index in [0.717, 1.165) is 5.69 Å². The molecule has 88 valence electrons. The Balaban J connectivity index is 2.07. The Bertz CT molecular complexity index is 514. The summed E-state index contributed by atoms with van der Waals surface area (Å²) in [4.78, 5) is 7.72. The highest BCUT2D eigenvalue weighted by Gasteiger charge is 2.03. The highest BCUT2D eigenvalue weighted by Crippen LogP contribution is 2.16. The van der Waals surface area contributed by atoms with Gasteiger partial charge in [-0.25, -0.2) is 4.98 Å². The number of aromatic hydroxyl groups is 1. The molecule has 5 heteroatoms. The van der Waals surface area contributed by atoms with Gasteiger partial charge in [-0.1, -0.05) is 0 Å². The van der Waals surface area contributed by atoms with Crippen molar-refractivity contribution in [1.29, 1.82) is 0 Å². The van der Waals surface area contributed by atoms with E-state index in [2.05, 4.69) is 15.3 Å². The van der Waals surface area contributed by atoms with Gasteiger partial charge in [0.2, 0.25) is 5.95 Å². The summed E-state index contributed by atoms with van der Waals surface area (Å²) >= 11 is 0. The maximum Gasteiger partial charge on any atom is 0.212 e. The normalized spacial score (nSPS) is 10.2. The third kappa shape index (κ3) is 2.90. The first kappa shape index (κ1) is 11.3. The van der Waals surface area contributed by atoms with Gasteiger partial charge in [-0.05, 0) is 31.2 Å². The summed E-state index contributed by atoms with van der Waals surface area (Å²) < 4.78 is 12.6. The van der Waals surface area contributed by atoms with Crippen LogP contribution in [0.1, 0.15) is 11.4 Å². The van der Waals surface area contributed by atoms with Crippen molar-refractivity contribution in [3.8, 4) is 5.75 Å². The van der Waals surface area contributed by atoms with Crippen molar-refractivity contribution in [3.05, 3.63) is 47.8 Å². The summed E-state index contributed by atoms with van der Waals surface area (Å²) in [5.74, 6) is -0.384. The van der Waals surface area contributed by atoms with Gasteiger partial charge >= 0.3 is 0 Å². The number of nitrogens with one attached hydrogen (secondary N) is 1. The number of hydrogen-bond acceptors (Lipinski definition) is 4. The molecule has 0 saturated carbocycles. The monoisotopic (exact) mass is 233 g/mol. The minimum absolute atomic E-state index is 0.137. The van der Waals surface area contributed by atoms with Crippen molar-refractivity contribution < 1.29 is 9.50 Å². The molecule has 17 heavy (non-hydrogen) atoms. The molecule has 2 aromatic heterocycles. The molecule has 0 aliphatic heterocycles. The Labute approximate surface area is 98.2 Å². The Hall–Kier alpha value is -2.17. The fourth-order valence-corrected chi connectivity index (χ4v) is 1.40. The molecule has 0 radical (unpaired) electrons. The lowest BCUT2D eigenvalue weighted by atomic mass is 10.3. The summed E-state index contributed by atoms with van der Waals surface area (Å²) in [6.07, 6.45) is 1.39. The second-order valence-corrected chi connectivity index (χ2v) is 3.64. The van der Waals surface area contributed by atoms with E-state index in [1.807, 2.05) is 6.92 Å². The van der Waals surface area contributed by atoms with Gasteiger partial charge in [-0.2, -0.15) is 4.39 Å². The van der Waals surface area contributed by atoms with Crippen LogP contribution in [0.25, 0.3) is 0 Å². The standard InChI is InChI=1S/C12H12FN3O/c1-8-2-4-11(17)10(16-8)7-14-9-3-5-12(13)15-6-9/h2-6,14,17H,7H2,1H3. The molecule has 0 fully saturated rings. The topological polar surface area (TPSA) is 58.0 Å². The van der Waals surface area contributed by atoms with Crippen LogP contribution < -0.4 is 5.32 Å². The van der Waals surface area contributed by atoms with Crippen molar-refractivity contribution in [2.24, 2.45) is 0 Å². The third-order valence-corrected chi connectivity index (χ3v) is 2.28. The maximum absolute atomic E-state index is 12.6. The van der Waals surface area contributed by atoms with Crippen LogP contribution in [0.3, 0.4) is 0 Å². The minimum Gasteiger partial charge on any atom is -0.506 e. The summed E-state index contributed by atoms with van der Waals surface area (Å²) in [6.45, 7) is 2.21. The highest BCUT2D eigenvalue weighted by molar-refractivity contribution is 5.41. The Morgan fingerprint density at radius 3 is 2.82 bits per heavy atom. The van der Waals surface area contributed by atoms with Gasteiger partial charge in [0, 0.05) is 5.69 Å². The van der Waals surface area contributed by atoms with Crippen LogP contribution in [-0.2, 0) is 6.54 Å². The first-order valence-corrected chi connectivity index (χ1v) is 5.16. The van der Waals surface area contributed by atoms with Crippen LogP contribution in [0, 0.1) is 12.9 Å². The number of nitrogens with zero attached hydrogens (tertiary/aromatic N) is 2. The van der Waals surface area contributed by atoms with Crippen molar-refractivity contribution in [2.75, 3.05) is 5.32 Å². The van der Waals surface area contributed by atoms with Crippen LogP contribution in [0.15, 0.2) is 30.5 Å². The highest BCUT2D eigenvalue weighted by atomic mass is 19.1. The van der Waals surface area contributed by atoms with E-state index in [4.69, 9.17) is 0 Å². The molecule has 4 nitrogen and oxygen atoms in total. The number of pyridine rings is 2. The average molecular weight is 233 g/mol. The quantitative estimate of drug-likeness (QED) is 0.798. The summed E-state index contributed by atoms with van der Waals surface area (Å²) in [6, 6.07) is 6.18. The first-order chi connectivity index (χ1) is 8.15. The van der Waals surface area contributed by atoms with E-state index in [-0.39, 0.29) is 5.75 Å². The van der Waals surface area contributed by atoms with Gasteiger partial charge in [-0.15, -0.1) is 0 Å². The average Bonchev–Trinajstić information content (AvgIpc) is 2.32. The molecule has 2 heterocycles. The lowest BCUT2D eigenvalue weighted by molar-refractivity contribution is 0.464. The zero-order chi connectivity index (χ0) is 12.3. The van der Waals surface area contributed by atoms with E-state index in [1.165, 1.54) is 12.3 Å². The molecule has 0 spiro atoms. The summed E-state index contributed by atoms with van der Waals surface area (Å²) in [5.41, 5.74) is 2.06. The fourth-order valence-electron chi connectivity index (χ4n) is 1.40. The number of halogens is 1. The van der Waals surface area contributed by atoms with Gasteiger partial charge in [0.15, 0.2) is 0 Å². The van der Waals surface area contributed by atoms with E-state index in [0.29, 0.717) is 17.9 Å². The fraction of sp³-hybridized carbons (Fsp3) is 0.167. The molecule has 0 bridgehead atoms. The molecule has 0 unspecified atom stereocenters. The molecule has 0 aliphatic rings. The second kappa shape index (κ2) is 4.78. The van der Waals surface area contributed by atoms with Crippen LogP contribution in [-0.4, -0.2) is 15.1 Å². The van der Waals surface area contributed by atoms with Crippen LogP contribution in [0.5, 0.6) is 5.75 Å². The molecule has 0 atom stereocenters. The molecule has 0 amide bonds. The zero-order valence-corrected chi connectivity index (χ0v) is 9.31. The molecule has 0 saturated heterocycles. The minimum atomic E-state index is -0.521. The van der Waals surface area contributed by atoms with Gasteiger partial charge in [-0.3, -0.25) is 4.98 Å². The molecule has 2 N–H and O–H groups in total. The van der Waals surface area contributed by atoms with Crippen LogP contribution >= 0.6 is 0 Å². The Kier molecular flexibility index (Phi) is 3.18. The third-order valence-electron chi connectivity index (χ3n) is 2.28. The molecule has 0 aliphatic carbocycles. The summed E-state index contributed by atoms with van der Waals surface area (Å²) in [7, 11) is 0. The van der Waals surface area contributed by atoms with Gasteiger partial charge in [0.1, 0.15) is 11.4 Å².